The molecule has 0 saturated heterocycles. The molecule has 23 heavy (non-hydrogen) atoms. The van der Waals surface area contributed by atoms with Crippen molar-refractivity contribution in [3.8, 4) is 0 Å². The van der Waals surface area contributed by atoms with Crippen LogP contribution in [0.1, 0.15) is 22.8 Å². The fourth-order valence-corrected chi connectivity index (χ4v) is 2.20. The Morgan fingerprint density at radius 1 is 1.13 bits per heavy atom. The summed E-state index contributed by atoms with van der Waals surface area (Å²) < 4.78 is 26.2. The second-order valence-electron chi connectivity index (χ2n) is 5.08. The maximum atomic E-state index is 13.2. The summed E-state index contributed by atoms with van der Waals surface area (Å²) in [5, 5.41) is 2.80. The van der Waals surface area contributed by atoms with E-state index in [0.29, 0.717) is 10.6 Å². The van der Waals surface area contributed by atoms with Gasteiger partial charge in [0.15, 0.2) is 11.6 Å². The van der Waals surface area contributed by atoms with E-state index in [1.165, 1.54) is 13.0 Å². The molecule has 0 aliphatic heterocycles. The number of carbonyl (C=O) groups excluding carboxylic acids is 2. The SMILES string of the molecule is C[C@](NC(=O)c1ccc(F)c(F)c1)(C(N)=O)c1cccc(Cl)c1. The Kier molecular flexibility index (Phi) is 4.65. The third kappa shape index (κ3) is 3.48. The number of primary amides is 1. The van der Waals surface area contributed by atoms with Crippen LogP contribution in [0, 0.1) is 11.6 Å². The Labute approximate surface area is 136 Å². The molecule has 120 valence electrons. The average Bonchev–Trinajstić information content (AvgIpc) is 2.49. The van der Waals surface area contributed by atoms with E-state index in [1.807, 2.05) is 0 Å². The van der Waals surface area contributed by atoms with Gasteiger partial charge in [0, 0.05) is 10.6 Å². The van der Waals surface area contributed by atoms with Crippen LogP contribution in [0.25, 0.3) is 0 Å². The van der Waals surface area contributed by atoms with Crippen LogP contribution in [-0.4, -0.2) is 11.8 Å². The number of nitrogens with two attached hydrogens (primary N) is 1. The van der Waals surface area contributed by atoms with Crippen molar-refractivity contribution in [3.63, 3.8) is 0 Å². The second kappa shape index (κ2) is 6.34. The van der Waals surface area contributed by atoms with Crippen LogP contribution in [0.4, 0.5) is 8.78 Å². The molecule has 2 amide bonds. The molecule has 2 rings (SSSR count). The van der Waals surface area contributed by atoms with Crippen LogP contribution >= 0.6 is 11.6 Å². The molecule has 7 heteroatoms. The van der Waals surface area contributed by atoms with Gasteiger partial charge >= 0.3 is 0 Å². The summed E-state index contributed by atoms with van der Waals surface area (Å²) >= 11 is 5.89. The molecular weight excluding hydrogens is 326 g/mol. The number of amides is 2. The molecule has 3 N–H and O–H groups in total. The number of rotatable bonds is 4. The Bertz CT molecular complexity index is 782. The molecule has 0 saturated carbocycles. The van der Waals surface area contributed by atoms with E-state index >= 15 is 0 Å². The highest BCUT2D eigenvalue weighted by Gasteiger charge is 2.35. The zero-order valence-corrected chi connectivity index (χ0v) is 12.8. The van der Waals surface area contributed by atoms with E-state index in [0.717, 1.165) is 18.2 Å². The predicted octanol–water partition coefficient (Wildman–Crippen LogP) is 2.75. The van der Waals surface area contributed by atoms with E-state index in [9.17, 15) is 18.4 Å². The Hall–Kier alpha value is -2.47. The predicted molar refractivity (Wildman–Crippen MR) is 81.8 cm³/mol. The zero-order valence-electron chi connectivity index (χ0n) is 12.1. The van der Waals surface area contributed by atoms with Gasteiger partial charge in [-0.25, -0.2) is 8.78 Å². The van der Waals surface area contributed by atoms with Gasteiger partial charge in [-0.1, -0.05) is 23.7 Å². The highest BCUT2D eigenvalue weighted by molar-refractivity contribution is 6.30. The van der Waals surface area contributed by atoms with Gasteiger partial charge in [-0.3, -0.25) is 9.59 Å². The summed E-state index contributed by atoms with van der Waals surface area (Å²) in [5.74, 6) is -3.84. The first-order valence-electron chi connectivity index (χ1n) is 6.57. The lowest BCUT2D eigenvalue weighted by Gasteiger charge is -2.28. The highest BCUT2D eigenvalue weighted by Crippen LogP contribution is 2.24. The van der Waals surface area contributed by atoms with Crippen LogP contribution in [0.2, 0.25) is 5.02 Å². The van der Waals surface area contributed by atoms with Crippen molar-refractivity contribution >= 4 is 23.4 Å². The van der Waals surface area contributed by atoms with Crippen molar-refractivity contribution in [2.45, 2.75) is 12.5 Å². The van der Waals surface area contributed by atoms with Gasteiger partial charge in [-0.05, 0) is 42.8 Å². The van der Waals surface area contributed by atoms with Gasteiger partial charge in [0.2, 0.25) is 5.91 Å². The average molecular weight is 339 g/mol. The van der Waals surface area contributed by atoms with Crippen molar-refractivity contribution in [1.29, 1.82) is 0 Å². The number of nitrogens with one attached hydrogen (secondary N) is 1. The molecule has 0 aromatic heterocycles. The molecule has 2 aromatic rings. The van der Waals surface area contributed by atoms with E-state index in [4.69, 9.17) is 17.3 Å². The van der Waals surface area contributed by atoms with Crippen LogP contribution in [0.15, 0.2) is 42.5 Å². The minimum atomic E-state index is -1.56. The van der Waals surface area contributed by atoms with Gasteiger partial charge in [0.25, 0.3) is 5.91 Å². The van der Waals surface area contributed by atoms with Crippen molar-refractivity contribution in [2.24, 2.45) is 5.73 Å². The number of hydrogen-bond acceptors (Lipinski definition) is 2. The van der Waals surface area contributed by atoms with Gasteiger partial charge in [-0.2, -0.15) is 0 Å². The third-order valence-corrected chi connectivity index (χ3v) is 3.68. The van der Waals surface area contributed by atoms with Gasteiger partial charge in [-0.15, -0.1) is 0 Å². The Morgan fingerprint density at radius 3 is 2.39 bits per heavy atom. The Morgan fingerprint density at radius 2 is 1.83 bits per heavy atom. The van der Waals surface area contributed by atoms with Crippen molar-refractivity contribution < 1.29 is 18.4 Å². The Balaban J connectivity index is 2.37. The van der Waals surface area contributed by atoms with E-state index in [2.05, 4.69) is 5.32 Å². The van der Waals surface area contributed by atoms with Crippen molar-refractivity contribution in [1.82, 2.24) is 5.32 Å². The molecule has 0 unspecified atom stereocenters. The maximum absolute atomic E-state index is 13.2. The van der Waals surface area contributed by atoms with E-state index < -0.39 is 29.0 Å². The summed E-state index contributed by atoms with van der Waals surface area (Å²) in [6.45, 7) is 1.40. The second-order valence-corrected chi connectivity index (χ2v) is 5.52. The quantitative estimate of drug-likeness (QED) is 0.899. The van der Waals surface area contributed by atoms with Crippen molar-refractivity contribution in [3.05, 3.63) is 70.2 Å². The number of hydrogen-bond donors (Lipinski definition) is 2. The summed E-state index contributed by atoms with van der Waals surface area (Å²) in [7, 11) is 0. The summed E-state index contributed by atoms with van der Waals surface area (Å²) in [6, 6.07) is 8.93. The third-order valence-electron chi connectivity index (χ3n) is 3.44. The molecular formula is C16H13ClF2N2O2. The zero-order chi connectivity index (χ0) is 17.2. The standard InChI is InChI=1S/C16H13ClF2N2O2/c1-16(15(20)23,10-3-2-4-11(17)8-10)21-14(22)9-5-6-12(18)13(19)7-9/h2-8H,1H3,(H2,20,23)(H,21,22)/t16-/m1/s1. The monoisotopic (exact) mass is 338 g/mol. The molecule has 0 aliphatic rings. The summed E-state index contributed by atoms with van der Waals surface area (Å²) in [5.41, 5.74) is 4.07. The van der Waals surface area contributed by atoms with Crippen LogP contribution in [0.3, 0.4) is 0 Å². The largest absolute Gasteiger partial charge is 0.367 e. The maximum Gasteiger partial charge on any atom is 0.252 e. The van der Waals surface area contributed by atoms with E-state index in [-0.39, 0.29) is 5.56 Å². The number of halogens is 3. The smallest absolute Gasteiger partial charge is 0.252 e. The van der Waals surface area contributed by atoms with Gasteiger partial charge < -0.3 is 11.1 Å². The lowest BCUT2D eigenvalue weighted by molar-refractivity contribution is -0.123. The van der Waals surface area contributed by atoms with Crippen LogP contribution in [0.5, 0.6) is 0 Å². The molecule has 0 fully saturated rings. The highest BCUT2D eigenvalue weighted by atomic mass is 35.5. The first-order valence-corrected chi connectivity index (χ1v) is 6.95. The molecule has 2 aromatic carbocycles. The summed E-state index contributed by atoms with van der Waals surface area (Å²) in [6.07, 6.45) is 0. The minimum Gasteiger partial charge on any atom is -0.367 e. The number of carbonyl (C=O) groups is 2. The molecule has 0 bridgehead atoms. The van der Waals surface area contributed by atoms with Gasteiger partial charge in [0.05, 0.1) is 0 Å². The minimum absolute atomic E-state index is 0.140. The van der Waals surface area contributed by atoms with Crippen LogP contribution < -0.4 is 11.1 Å². The normalized spacial score (nSPS) is 13.2. The lowest BCUT2D eigenvalue weighted by Crippen LogP contribution is -2.52. The molecule has 0 heterocycles. The molecule has 0 aliphatic carbocycles. The fraction of sp³-hybridized carbons (Fsp3) is 0.125. The molecule has 0 radical (unpaired) electrons. The van der Waals surface area contributed by atoms with Crippen molar-refractivity contribution in [2.75, 3.05) is 0 Å². The fourth-order valence-electron chi connectivity index (χ4n) is 2.01. The number of benzene rings is 2. The van der Waals surface area contributed by atoms with E-state index in [1.54, 1.807) is 18.2 Å². The topological polar surface area (TPSA) is 72.2 Å². The van der Waals surface area contributed by atoms with Gasteiger partial charge in [0.1, 0.15) is 5.54 Å². The lowest BCUT2D eigenvalue weighted by atomic mass is 9.90. The molecule has 4 nitrogen and oxygen atoms in total. The molecule has 1 atom stereocenters. The first-order chi connectivity index (χ1) is 10.7. The van der Waals surface area contributed by atoms with Crippen LogP contribution in [-0.2, 0) is 10.3 Å². The summed E-state index contributed by atoms with van der Waals surface area (Å²) in [4.78, 5) is 24.1. The molecule has 0 spiro atoms. The first kappa shape index (κ1) is 16.9.